The van der Waals surface area contributed by atoms with Crippen LogP contribution in [-0.4, -0.2) is 71.5 Å². The first-order chi connectivity index (χ1) is 13.9. The summed E-state index contributed by atoms with van der Waals surface area (Å²) >= 11 is 3.52. The molecule has 1 heterocycles. The fourth-order valence-electron chi connectivity index (χ4n) is 3.64. The molecular formula is C22H34N2O3S2. The average Bonchev–Trinajstić information content (AvgIpc) is 2.99. The molecule has 0 amide bonds. The number of ether oxygens (including phenoxy) is 1. The van der Waals surface area contributed by atoms with E-state index in [2.05, 4.69) is 51.3 Å². The van der Waals surface area contributed by atoms with Crippen molar-refractivity contribution in [2.45, 2.75) is 63.4 Å². The smallest absolute Gasteiger partial charge is 0.346 e. The predicted octanol–water partition coefficient (Wildman–Crippen LogP) is 4.64. The monoisotopic (exact) mass is 438 g/mol. The highest BCUT2D eigenvalue weighted by Gasteiger charge is 2.31. The van der Waals surface area contributed by atoms with Gasteiger partial charge in [-0.1, -0.05) is 27.7 Å². The number of cyclic esters (lactones) is 2. The first kappa shape index (κ1) is 24.3. The number of carbonyl (C=O) groups is 2. The maximum Gasteiger partial charge on any atom is 0.346 e. The van der Waals surface area contributed by atoms with Crippen molar-refractivity contribution in [3.63, 3.8) is 0 Å². The van der Waals surface area contributed by atoms with E-state index in [4.69, 9.17) is 4.74 Å². The number of rotatable bonds is 12. The Balaban J connectivity index is 2.22. The third kappa shape index (κ3) is 6.00. The Morgan fingerprint density at radius 2 is 1.10 bits per heavy atom. The molecular weight excluding hydrogens is 404 g/mol. The second kappa shape index (κ2) is 11.4. The Morgan fingerprint density at radius 1 is 0.759 bits per heavy atom. The lowest BCUT2D eigenvalue weighted by molar-refractivity contribution is 0.0443. The fourth-order valence-corrected chi connectivity index (χ4v) is 6.06. The highest BCUT2D eigenvalue weighted by Crippen LogP contribution is 2.37. The Kier molecular flexibility index (Phi) is 9.53. The second-order valence-corrected chi connectivity index (χ2v) is 9.41. The molecule has 162 valence electrons. The molecule has 0 saturated heterocycles. The van der Waals surface area contributed by atoms with Gasteiger partial charge >= 0.3 is 11.9 Å². The largest absolute Gasteiger partial charge is 0.386 e. The van der Waals surface area contributed by atoms with Gasteiger partial charge in [-0.3, -0.25) is 0 Å². The molecule has 0 aliphatic carbocycles. The number of nitrogens with zero attached hydrogens (tertiary/aromatic N) is 2. The van der Waals surface area contributed by atoms with E-state index < -0.39 is 11.9 Å². The summed E-state index contributed by atoms with van der Waals surface area (Å²) in [6, 6.07) is 4.58. The van der Waals surface area contributed by atoms with Gasteiger partial charge < -0.3 is 14.5 Å². The Labute approximate surface area is 183 Å². The van der Waals surface area contributed by atoms with Crippen LogP contribution in [0.1, 0.15) is 62.3 Å². The van der Waals surface area contributed by atoms with E-state index in [9.17, 15) is 9.59 Å². The maximum absolute atomic E-state index is 12.0. The Morgan fingerprint density at radius 3 is 1.41 bits per heavy atom. The molecule has 1 aliphatic rings. The molecule has 0 fully saturated rings. The number of carbonyl (C=O) groups excluding carboxylic acids is 2. The van der Waals surface area contributed by atoms with Gasteiger partial charge in [0, 0.05) is 33.4 Å². The van der Waals surface area contributed by atoms with Crippen LogP contribution < -0.4 is 0 Å². The van der Waals surface area contributed by atoms with Gasteiger partial charge in [0.1, 0.15) is 0 Å². The van der Waals surface area contributed by atoms with Gasteiger partial charge in [-0.2, -0.15) is 0 Å². The van der Waals surface area contributed by atoms with Gasteiger partial charge in [0.25, 0.3) is 0 Å². The van der Waals surface area contributed by atoms with Crippen molar-refractivity contribution in [1.29, 1.82) is 0 Å². The molecule has 1 aliphatic heterocycles. The van der Waals surface area contributed by atoms with E-state index in [0.717, 1.165) is 47.5 Å². The second-order valence-electron chi connectivity index (χ2n) is 7.28. The molecule has 0 bridgehead atoms. The van der Waals surface area contributed by atoms with Crippen LogP contribution >= 0.6 is 23.5 Å². The summed E-state index contributed by atoms with van der Waals surface area (Å²) in [6.07, 6.45) is 0. The summed E-state index contributed by atoms with van der Waals surface area (Å²) in [4.78, 5) is 31.0. The van der Waals surface area contributed by atoms with Crippen molar-refractivity contribution in [3.8, 4) is 0 Å². The summed E-state index contributed by atoms with van der Waals surface area (Å²) in [5, 5.41) is 0. The summed E-state index contributed by atoms with van der Waals surface area (Å²) < 4.78 is 4.83. The molecule has 29 heavy (non-hydrogen) atoms. The van der Waals surface area contributed by atoms with Crippen LogP contribution in [0.3, 0.4) is 0 Å². The molecule has 2 atom stereocenters. The quantitative estimate of drug-likeness (QED) is 0.268. The van der Waals surface area contributed by atoms with E-state index in [1.165, 1.54) is 0 Å². The van der Waals surface area contributed by atoms with Crippen molar-refractivity contribution >= 4 is 35.5 Å². The van der Waals surface area contributed by atoms with Gasteiger partial charge in [-0.15, -0.1) is 23.5 Å². The minimum absolute atomic E-state index is 0.397. The number of hydrogen-bond acceptors (Lipinski definition) is 7. The van der Waals surface area contributed by atoms with Crippen LogP contribution in [-0.2, 0) is 4.74 Å². The highest BCUT2D eigenvalue weighted by molar-refractivity contribution is 8.02. The first-order valence-corrected chi connectivity index (χ1v) is 12.5. The topological polar surface area (TPSA) is 49.9 Å². The Bertz CT molecular complexity index is 659. The molecule has 7 heteroatoms. The lowest BCUT2D eigenvalue weighted by atomic mass is 10.1. The van der Waals surface area contributed by atoms with E-state index in [1.807, 2.05) is 12.1 Å². The normalized spacial score (nSPS) is 15.7. The van der Waals surface area contributed by atoms with Crippen molar-refractivity contribution < 1.29 is 14.3 Å². The van der Waals surface area contributed by atoms with Gasteiger partial charge in [-0.25, -0.2) is 9.59 Å². The lowest BCUT2D eigenvalue weighted by Gasteiger charge is -2.27. The third-order valence-corrected chi connectivity index (χ3v) is 8.27. The predicted molar refractivity (Wildman–Crippen MR) is 122 cm³/mol. The zero-order valence-corrected chi connectivity index (χ0v) is 20.1. The van der Waals surface area contributed by atoms with Crippen LogP contribution in [0.15, 0.2) is 21.9 Å². The Hall–Kier alpha value is -1.02. The molecule has 1 aromatic rings. The SMILES string of the molecule is CCN(CC)C(C)CSc1cc2c(cc1SCC(C)N(CC)CC)C(=O)OC2=O. The van der Waals surface area contributed by atoms with Gasteiger partial charge in [0.15, 0.2) is 0 Å². The van der Waals surface area contributed by atoms with Crippen molar-refractivity contribution in [1.82, 2.24) is 9.80 Å². The van der Waals surface area contributed by atoms with Crippen molar-refractivity contribution in [2.24, 2.45) is 0 Å². The van der Waals surface area contributed by atoms with Crippen LogP contribution in [0.2, 0.25) is 0 Å². The van der Waals surface area contributed by atoms with Crippen molar-refractivity contribution in [2.75, 3.05) is 37.7 Å². The molecule has 0 saturated carbocycles. The zero-order chi connectivity index (χ0) is 21.6. The molecule has 2 rings (SSSR count). The number of fused-ring (bicyclic) bond motifs is 1. The third-order valence-electron chi connectivity index (χ3n) is 5.54. The summed E-state index contributed by atoms with van der Waals surface area (Å²) in [7, 11) is 0. The van der Waals surface area contributed by atoms with Crippen molar-refractivity contribution in [3.05, 3.63) is 23.3 Å². The number of benzene rings is 1. The molecule has 2 unspecified atom stereocenters. The van der Waals surface area contributed by atoms with E-state index in [1.54, 1.807) is 23.5 Å². The highest BCUT2D eigenvalue weighted by atomic mass is 32.2. The fraction of sp³-hybridized carbons (Fsp3) is 0.636. The molecule has 0 N–H and O–H groups in total. The zero-order valence-electron chi connectivity index (χ0n) is 18.5. The number of hydrogen-bond donors (Lipinski definition) is 0. The van der Waals surface area contributed by atoms with E-state index >= 15 is 0 Å². The van der Waals surface area contributed by atoms with Crippen LogP contribution in [0, 0.1) is 0 Å². The number of esters is 2. The maximum atomic E-state index is 12.0. The summed E-state index contributed by atoms with van der Waals surface area (Å²) in [6.45, 7) is 17.3. The molecule has 0 aromatic heterocycles. The molecule has 1 aromatic carbocycles. The van der Waals surface area contributed by atoms with Crippen LogP contribution in [0.5, 0.6) is 0 Å². The lowest BCUT2D eigenvalue weighted by Crippen LogP contribution is -2.34. The summed E-state index contributed by atoms with van der Waals surface area (Å²) in [5.41, 5.74) is 0.795. The van der Waals surface area contributed by atoms with Crippen LogP contribution in [0.25, 0.3) is 0 Å². The van der Waals surface area contributed by atoms with Gasteiger partial charge in [0.05, 0.1) is 11.1 Å². The summed E-state index contributed by atoms with van der Waals surface area (Å²) in [5.74, 6) is 0.805. The first-order valence-electron chi connectivity index (χ1n) is 10.5. The van der Waals surface area contributed by atoms with E-state index in [0.29, 0.717) is 23.2 Å². The number of thioether (sulfide) groups is 2. The minimum Gasteiger partial charge on any atom is -0.386 e. The van der Waals surface area contributed by atoms with Gasteiger partial charge in [-0.05, 0) is 52.2 Å². The molecule has 0 radical (unpaired) electrons. The standard InChI is InChI=1S/C22H34N2O3S2/c1-7-23(8-2)15(5)13-28-19-11-17-18(22(26)27-21(17)25)12-20(19)29-14-16(6)24(9-3)10-4/h11-12,15-16H,7-10,13-14H2,1-6H3. The molecule has 0 spiro atoms. The molecule has 5 nitrogen and oxygen atoms in total. The van der Waals surface area contributed by atoms with Crippen LogP contribution in [0.4, 0.5) is 0 Å². The average molecular weight is 439 g/mol. The van der Waals surface area contributed by atoms with E-state index in [-0.39, 0.29) is 0 Å². The minimum atomic E-state index is -0.531. The van der Waals surface area contributed by atoms with Gasteiger partial charge in [0.2, 0.25) is 0 Å².